The van der Waals surface area contributed by atoms with Crippen LogP contribution in [0.3, 0.4) is 0 Å². The average molecular weight is 240 g/mol. The van der Waals surface area contributed by atoms with Gasteiger partial charge in [0.05, 0.1) is 12.7 Å². The normalized spacial score (nSPS) is 10.2. The summed E-state index contributed by atoms with van der Waals surface area (Å²) in [6.07, 6.45) is 0. The molecule has 0 radical (unpaired) electrons. The highest BCUT2D eigenvalue weighted by atomic mass is 16.5. The summed E-state index contributed by atoms with van der Waals surface area (Å²) in [4.78, 5) is 11.8. The molecule has 18 heavy (non-hydrogen) atoms. The Kier molecular flexibility index (Phi) is 3.47. The van der Waals surface area contributed by atoms with E-state index in [4.69, 9.17) is 4.74 Å². The molecule has 0 saturated carbocycles. The van der Waals surface area contributed by atoms with Gasteiger partial charge in [0, 0.05) is 0 Å². The number of rotatable bonds is 2. The van der Waals surface area contributed by atoms with Crippen LogP contribution in [0.15, 0.2) is 42.5 Å². The first-order chi connectivity index (χ1) is 8.61. The Morgan fingerprint density at radius 3 is 2.22 bits per heavy atom. The fourth-order valence-corrected chi connectivity index (χ4v) is 2.15. The summed E-state index contributed by atoms with van der Waals surface area (Å²) in [7, 11) is 1.40. The number of aryl methyl sites for hydroxylation is 2. The molecule has 0 saturated heterocycles. The Labute approximate surface area is 107 Å². The van der Waals surface area contributed by atoms with Crippen molar-refractivity contribution in [1.29, 1.82) is 0 Å². The number of benzene rings is 2. The molecule has 0 atom stereocenters. The van der Waals surface area contributed by atoms with E-state index in [2.05, 4.69) is 32.0 Å². The van der Waals surface area contributed by atoms with Crippen LogP contribution >= 0.6 is 0 Å². The Bertz CT molecular complexity index is 565. The van der Waals surface area contributed by atoms with Gasteiger partial charge in [-0.25, -0.2) is 4.79 Å². The summed E-state index contributed by atoms with van der Waals surface area (Å²) in [5.74, 6) is -0.301. The van der Waals surface area contributed by atoms with E-state index in [1.54, 1.807) is 6.07 Å². The van der Waals surface area contributed by atoms with Gasteiger partial charge in [-0.1, -0.05) is 47.5 Å². The zero-order valence-corrected chi connectivity index (χ0v) is 10.9. The molecular formula is C16H16O2. The summed E-state index contributed by atoms with van der Waals surface area (Å²) in [5, 5.41) is 0. The quantitative estimate of drug-likeness (QED) is 0.747. The summed E-state index contributed by atoms with van der Waals surface area (Å²) >= 11 is 0. The molecule has 2 aromatic carbocycles. The third-order valence-corrected chi connectivity index (χ3v) is 2.87. The minimum absolute atomic E-state index is 0.301. The molecule has 0 heterocycles. The van der Waals surface area contributed by atoms with Crippen molar-refractivity contribution in [2.75, 3.05) is 7.11 Å². The molecule has 2 heteroatoms. The third-order valence-electron chi connectivity index (χ3n) is 2.87. The van der Waals surface area contributed by atoms with Gasteiger partial charge >= 0.3 is 5.97 Å². The van der Waals surface area contributed by atoms with Gasteiger partial charge in [0.15, 0.2) is 0 Å². The molecule has 92 valence electrons. The summed E-state index contributed by atoms with van der Waals surface area (Å²) < 4.78 is 4.82. The van der Waals surface area contributed by atoms with Crippen LogP contribution < -0.4 is 0 Å². The maximum absolute atomic E-state index is 11.8. The van der Waals surface area contributed by atoms with Gasteiger partial charge in [-0.05, 0) is 31.0 Å². The van der Waals surface area contributed by atoms with Gasteiger partial charge in [-0.15, -0.1) is 0 Å². The fourth-order valence-electron chi connectivity index (χ4n) is 2.15. The second-order valence-corrected chi connectivity index (χ2v) is 4.41. The molecule has 0 unspecified atom stereocenters. The van der Waals surface area contributed by atoms with Crippen LogP contribution in [0.2, 0.25) is 0 Å². The molecule has 2 aromatic rings. The lowest BCUT2D eigenvalue weighted by Gasteiger charge is -2.09. The minimum atomic E-state index is -0.301. The highest BCUT2D eigenvalue weighted by molar-refractivity contribution is 5.97. The zero-order chi connectivity index (χ0) is 13.1. The number of ether oxygens (including phenoxy) is 1. The second-order valence-electron chi connectivity index (χ2n) is 4.41. The number of methoxy groups -OCH3 is 1. The smallest absolute Gasteiger partial charge is 0.338 e. The number of carbonyl (C=O) groups excluding carboxylic acids is 1. The summed E-state index contributed by atoms with van der Waals surface area (Å²) in [5.41, 5.74) is 4.93. The van der Waals surface area contributed by atoms with Crippen molar-refractivity contribution in [1.82, 2.24) is 0 Å². The van der Waals surface area contributed by atoms with E-state index < -0.39 is 0 Å². The predicted octanol–water partition coefficient (Wildman–Crippen LogP) is 3.76. The molecule has 0 spiro atoms. The Morgan fingerprint density at radius 1 is 1.00 bits per heavy atom. The van der Waals surface area contributed by atoms with Gasteiger partial charge in [0.25, 0.3) is 0 Å². The maximum Gasteiger partial charge on any atom is 0.338 e. The van der Waals surface area contributed by atoms with Crippen molar-refractivity contribution < 1.29 is 9.53 Å². The first-order valence-corrected chi connectivity index (χ1v) is 5.88. The average Bonchev–Trinajstić information content (AvgIpc) is 2.36. The van der Waals surface area contributed by atoms with Crippen LogP contribution in [-0.2, 0) is 4.74 Å². The standard InChI is InChI=1S/C16H16O2/c1-11-8-12(2)10-13(9-11)14-6-4-5-7-15(14)16(17)18-3/h4-10H,1-3H3. The third kappa shape index (κ3) is 2.43. The molecule has 2 rings (SSSR count). The van der Waals surface area contributed by atoms with Gasteiger partial charge in [0.2, 0.25) is 0 Å². The molecule has 0 amide bonds. The molecule has 0 aliphatic rings. The molecule has 0 N–H and O–H groups in total. The van der Waals surface area contributed by atoms with Gasteiger partial charge < -0.3 is 4.74 Å². The Hall–Kier alpha value is -2.09. The van der Waals surface area contributed by atoms with Crippen LogP contribution in [0.5, 0.6) is 0 Å². The van der Waals surface area contributed by atoms with E-state index in [0.29, 0.717) is 5.56 Å². The van der Waals surface area contributed by atoms with Crippen molar-refractivity contribution in [3.63, 3.8) is 0 Å². The van der Waals surface area contributed by atoms with Gasteiger partial charge in [-0.3, -0.25) is 0 Å². The maximum atomic E-state index is 11.8. The summed E-state index contributed by atoms with van der Waals surface area (Å²) in [6, 6.07) is 13.8. The number of esters is 1. The largest absolute Gasteiger partial charge is 0.465 e. The molecular weight excluding hydrogens is 224 g/mol. The summed E-state index contributed by atoms with van der Waals surface area (Å²) in [6.45, 7) is 4.11. The second kappa shape index (κ2) is 5.05. The molecule has 2 nitrogen and oxygen atoms in total. The van der Waals surface area contributed by atoms with Crippen molar-refractivity contribution in [2.24, 2.45) is 0 Å². The van der Waals surface area contributed by atoms with Crippen molar-refractivity contribution >= 4 is 5.97 Å². The van der Waals surface area contributed by atoms with Crippen molar-refractivity contribution in [3.05, 3.63) is 59.2 Å². The first kappa shape index (κ1) is 12.4. The van der Waals surface area contributed by atoms with Gasteiger partial charge in [-0.2, -0.15) is 0 Å². The molecule has 0 aliphatic carbocycles. The van der Waals surface area contributed by atoms with Crippen LogP contribution in [0.4, 0.5) is 0 Å². The highest BCUT2D eigenvalue weighted by Crippen LogP contribution is 2.26. The van der Waals surface area contributed by atoms with Crippen LogP contribution in [0.25, 0.3) is 11.1 Å². The topological polar surface area (TPSA) is 26.3 Å². The molecule has 0 aromatic heterocycles. The van der Waals surface area contributed by atoms with E-state index in [-0.39, 0.29) is 5.97 Å². The zero-order valence-electron chi connectivity index (χ0n) is 10.9. The van der Waals surface area contributed by atoms with Crippen LogP contribution in [0.1, 0.15) is 21.5 Å². The first-order valence-electron chi connectivity index (χ1n) is 5.88. The SMILES string of the molecule is COC(=O)c1ccccc1-c1cc(C)cc(C)c1. The lowest BCUT2D eigenvalue weighted by atomic mass is 9.96. The minimum Gasteiger partial charge on any atom is -0.465 e. The van der Waals surface area contributed by atoms with Crippen molar-refractivity contribution in [3.8, 4) is 11.1 Å². The van der Waals surface area contributed by atoms with E-state index in [0.717, 1.165) is 11.1 Å². The molecule has 0 bridgehead atoms. The molecule has 0 fully saturated rings. The Balaban J connectivity index is 2.60. The lowest BCUT2D eigenvalue weighted by Crippen LogP contribution is -2.03. The van der Waals surface area contributed by atoms with E-state index in [1.165, 1.54) is 18.2 Å². The van der Waals surface area contributed by atoms with Crippen molar-refractivity contribution in [2.45, 2.75) is 13.8 Å². The number of hydrogen-bond acceptors (Lipinski definition) is 2. The lowest BCUT2D eigenvalue weighted by molar-refractivity contribution is 0.0601. The van der Waals surface area contributed by atoms with E-state index >= 15 is 0 Å². The predicted molar refractivity (Wildman–Crippen MR) is 72.7 cm³/mol. The number of hydrogen-bond donors (Lipinski definition) is 0. The van der Waals surface area contributed by atoms with E-state index in [1.807, 2.05) is 18.2 Å². The van der Waals surface area contributed by atoms with Crippen LogP contribution in [0, 0.1) is 13.8 Å². The van der Waals surface area contributed by atoms with E-state index in [9.17, 15) is 4.79 Å². The number of carbonyl (C=O) groups is 1. The van der Waals surface area contributed by atoms with Gasteiger partial charge in [0.1, 0.15) is 0 Å². The monoisotopic (exact) mass is 240 g/mol. The highest BCUT2D eigenvalue weighted by Gasteiger charge is 2.12. The van der Waals surface area contributed by atoms with Crippen LogP contribution in [-0.4, -0.2) is 13.1 Å². The fraction of sp³-hybridized carbons (Fsp3) is 0.188. The molecule has 0 aliphatic heterocycles. The Morgan fingerprint density at radius 2 is 1.61 bits per heavy atom.